The van der Waals surface area contributed by atoms with Gasteiger partial charge in [0, 0.05) is 30.6 Å². The highest BCUT2D eigenvalue weighted by atomic mass is 35.5. The molecule has 2 aromatic carbocycles. The second-order valence-corrected chi connectivity index (χ2v) is 9.42. The number of rotatable bonds is 4. The van der Waals surface area contributed by atoms with Crippen molar-refractivity contribution in [2.24, 2.45) is 0 Å². The maximum absolute atomic E-state index is 13.0. The minimum absolute atomic E-state index is 0.00404. The second-order valence-electron chi connectivity index (χ2n) is 7.92. The van der Waals surface area contributed by atoms with Crippen LogP contribution in [0.15, 0.2) is 47.3 Å². The first-order chi connectivity index (χ1) is 15.0. The van der Waals surface area contributed by atoms with E-state index in [9.17, 15) is 9.59 Å². The van der Waals surface area contributed by atoms with Gasteiger partial charge in [-0.2, -0.15) is 0 Å². The minimum atomic E-state index is -0.125. The van der Waals surface area contributed by atoms with Gasteiger partial charge in [0.2, 0.25) is 5.91 Å². The Labute approximate surface area is 188 Å². The molecule has 1 saturated heterocycles. The molecule has 1 fully saturated rings. The van der Waals surface area contributed by atoms with Crippen LogP contribution in [-0.4, -0.2) is 38.0 Å². The van der Waals surface area contributed by atoms with Gasteiger partial charge in [-0.25, -0.2) is 9.78 Å². The molecule has 4 aromatic rings. The van der Waals surface area contributed by atoms with Crippen LogP contribution in [0.3, 0.4) is 0 Å². The number of piperidine rings is 1. The number of nitrogens with zero attached hydrogens (tertiary/aromatic N) is 4. The van der Waals surface area contributed by atoms with Crippen LogP contribution in [0.4, 0.5) is 0 Å². The number of thiazole rings is 1. The zero-order valence-corrected chi connectivity index (χ0v) is 18.8. The van der Waals surface area contributed by atoms with E-state index in [1.807, 2.05) is 54.3 Å². The molecule has 6 nitrogen and oxygen atoms in total. The van der Waals surface area contributed by atoms with E-state index in [1.54, 1.807) is 20.5 Å². The van der Waals surface area contributed by atoms with Crippen molar-refractivity contribution in [2.45, 2.75) is 38.8 Å². The van der Waals surface area contributed by atoms with E-state index in [0.29, 0.717) is 30.6 Å². The smallest absolute Gasteiger partial charge is 0.329 e. The van der Waals surface area contributed by atoms with Crippen LogP contribution in [0, 0.1) is 0 Å². The van der Waals surface area contributed by atoms with E-state index in [0.717, 1.165) is 39.1 Å². The number of amides is 1. The lowest BCUT2D eigenvalue weighted by molar-refractivity contribution is -0.132. The van der Waals surface area contributed by atoms with Gasteiger partial charge in [0.15, 0.2) is 0 Å². The van der Waals surface area contributed by atoms with Gasteiger partial charge in [0.1, 0.15) is 6.54 Å². The summed E-state index contributed by atoms with van der Waals surface area (Å²) in [6, 6.07) is 13.5. The SMILES string of the molecule is CCn1c(=O)n(CC(=O)N2CCC(c3nc4cc(Cl)ccc4s3)CC2)c2ccccc21. The molecule has 2 aromatic heterocycles. The molecule has 1 amide bonds. The second kappa shape index (κ2) is 8.13. The standard InChI is InChI=1S/C23H23ClN4O2S/c1-2-27-18-5-3-4-6-19(18)28(23(27)30)14-21(29)26-11-9-15(10-12-26)22-25-17-13-16(24)7-8-20(17)31-22/h3-8,13,15H,2,9-12,14H2,1H3. The molecule has 0 unspecified atom stereocenters. The first kappa shape index (κ1) is 20.3. The van der Waals surface area contributed by atoms with Crippen LogP contribution in [-0.2, 0) is 17.9 Å². The monoisotopic (exact) mass is 454 g/mol. The molecule has 0 radical (unpaired) electrons. The third kappa shape index (κ3) is 3.66. The molecule has 1 aliphatic heterocycles. The summed E-state index contributed by atoms with van der Waals surface area (Å²) in [7, 11) is 0. The highest BCUT2D eigenvalue weighted by Crippen LogP contribution is 2.34. The fourth-order valence-electron chi connectivity index (χ4n) is 4.43. The predicted molar refractivity (Wildman–Crippen MR) is 125 cm³/mol. The average Bonchev–Trinajstić information content (AvgIpc) is 3.32. The Kier molecular flexibility index (Phi) is 5.32. The summed E-state index contributed by atoms with van der Waals surface area (Å²) < 4.78 is 4.46. The van der Waals surface area contributed by atoms with Crippen molar-refractivity contribution >= 4 is 50.1 Å². The lowest BCUT2D eigenvalue weighted by Gasteiger charge is -2.31. The first-order valence-electron chi connectivity index (χ1n) is 10.6. The Hall–Kier alpha value is -2.64. The number of hydrogen-bond acceptors (Lipinski definition) is 4. The van der Waals surface area contributed by atoms with Crippen molar-refractivity contribution in [1.29, 1.82) is 0 Å². The van der Waals surface area contributed by atoms with Crippen LogP contribution in [0.5, 0.6) is 0 Å². The molecule has 0 bridgehead atoms. The Morgan fingerprint density at radius 3 is 2.55 bits per heavy atom. The van der Waals surface area contributed by atoms with Crippen molar-refractivity contribution in [2.75, 3.05) is 13.1 Å². The summed E-state index contributed by atoms with van der Waals surface area (Å²) >= 11 is 7.80. The maximum atomic E-state index is 13.0. The summed E-state index contributed by atoms with van der Waals surface area (Å²) in [4.78, 5) is 32.5. The van der Waals surface area contributed by atoms with Crippen molar-refractivity contribution < 1.29 is 4.79 Å². The molecule has 160 valence electrons. The number of imidazole rings is 1. The fraction of sp³-hybridized carbons (Fsp3) is 0.348. The molecule has 0 saturated carbocycles. The van der Waals surface area contributed by atoms with Gasteiger partial charge in [-0.3, -0.25) is 13.9 Å². The molecule has 0 atom stereocenters. The van der Waals surface area contributed by atoms with Crippen molar-refractivity contribution in [3.05, 3.63) is 63.0 Å². The molecular formula is C23H23ClN4O2S. The molecule has 0 spiro atoms. The summed E-state index contributed by atoms with van der Waals surface area (Å²) in [5.74, 6) is 0.348. The number of hydrogen-bond donors (Lipinski definition) is 0. The summed E-state index contributed by atoms with van der Waals surface area (Å²) in [6.07, 6.45) is 1.76. The van der Waals surface area contributed by atoms with Gasteiger partial charge in [-0.05, 0) is 50.1 Å². The first-order valence-corrected chi connectivity index (χ1v) is 11.8. The Balaban J connectivity index is 1.30. The van der Waals surface area contributed by atoms with Gasteiger partial charge >= 0.3 is 5.69 Å². The Bertz CT molecular complexity index is 1330. The van der Waals surface area contributed by atoms with E-state index in [4.69, 9.17) is 16.6 Å². The van der Waals surface area contributed by atoms with Crippen LogP contribution >= 0.6 is 22.9 Å². The van der Waals surface area contributed by atoms with Crippen LogP contribution in [0.25, 0.3) is 21.3 Å². The highest BCUT2D eigenvalue weighted by Gasteiger charge is 2.27. The number of aromatic nitrogens is 3. The Morgan fingerprint density at radius 1 is 1.13 bits per heavy atom. The van der Waals surface area contributed by atoms with Crippen molar-refractivity contribution in [3.63, 3.8) is 0 Å². The number of carbonyl (C=O) groups is 1. The number of para-hydroxylation sites is 2. The number of likely N-dealkylation sites (tertiary alicyclic amines) is 1. The third-order valence-electron chi connectivity index (χ3n) is 6.10. The van der Waals surface area contributed by atoms with Gasteiger partial charge in [-0.15, -0.1) is 11.3 Å². The van der Waals surface area contributed by atoms with Gasteiger partial charge in [0.25, 0.3) is 0 Å². The average molecular weight is 455 g/mol. The summed E-state index contributed by atoms with van der Waals surface area (Å²) in [6.45, 7) is 3.97. The number of fused-ring (bicyclic) bond motifs is 2. The molecule has 8 heteroatoms. The van der Waals surface area contributed by atoms with E-state index in [2.05, 4.69) is 0 Å². The predicted octanol–water partition coefficient (Wildman–Crippen LogP) is 4.49. The van der Waals surface area contributed by atoms with Gasteiger partial charge in [0.05, 0.1) is 26.3 Å². The van der Waals surface area contributed by atoms with Crippen LogP contribution in [0.1, 0.15) is 30.7 Å². The molecule has 31 heavy (non-hydrogen) atoms. The van der Waals surface area contributed by atoms with Crippen molar-refractivity contribution in [3.8, 4) is 0 Å². The Morgan fingerprint density at radius 2 is 1.84 bits per heavy atom. The zero-order valence-electron chi connectivity index (χ0n) is 17.3. The van der Waals surface area contributed by atoms with Crippen molar-refractivity contribution in [1.82, 2.24) is 19.0 Å². The highest BCUT2D eigenvalue weighted by molar-refractivity contribution is 7.18. The normalized spacial score (nSPS) is 15.2. The molecule has 5 rings (SSSR count). The quantitative estimate of drug-likeness (QED) is 0.456. The van der Waals surface area contributed by atoms with E-state index in [-0.39, 0.29) is 18.1 Å². The minimum Gasteiger partial charge on any atom is -0.341 e. The molecule has 0 N–H and O–H groups in total. The molecule has 3 heterocycles. The van der Waals surface area contributed by atoms with Crippen LogP contribution in [0.2, 0.25) is 5.02 Å². The van der Waals surface area contributed by atoms with E-state index >= 15 is 0 Å². The van der Waals surface area contributed by atoms with Gasteiger partial charge < -0.3 is 4.90 Å². The fourth-order valence-corrected chi connectivity index (χ4v) is 5.72. The van der Waals surface area contributed by atoms with E-state index < -0.39 is 0 Å². The molecular weight excluding hydrogens is 432 g/mol. The third-order valence-corrected chi connectivity index (χ3v) is 7.53. The maximum Gasteiger partial charge on any atom is 0.329 e. The topological polar surface area (TPSA) is 60.1 Å². The molecule has 1 aliphatic rings. The number of benzene rings is 2. The number of halogens is 1. The van der Waals surface area contributed by atoms with E-state index in [1.165, 1.54) is 0 Å². The number of carbonyl (C=O) groups excluding carboxylic acids is 1. The number of aryl methyl sites for hydroxylation is 1. The van der Waals surface area contributed by atoms with Gasteiger partial charge in [-0.1, -0.05) is 23.7 Å². The zero-order chi connectivity index (χ0) is 21.5. The molecule has 0 aliphatic carbocycles. The van der Waals surface area contributed by atoms with Crippen LogP contribution < -0.4 is 5.69 Å². The summed E-state index contributed by atoms with van der Waals surface area (Å²) in [5, 5.41) is 1.82. The summed E-state index contributed by atoms with van der Waals surface area (Å²) in [5.41, 5.74) is 2.50. The lowest BCUT2D eigenvalue weighted by atomic mass is 9.97. The largest absolute Gasteiger partial charge is 0.341 e. The lowest BCUT2D eigenvalue weighted by Crippen LogP contribution is -2.41.